The Labute approximate surface area is 71.0 Å². The first kappa shape index (κ1) is 8.77. The minimum absolute atomic E-state index is 0.0618. The highest BCUT2D eigenvalue weighted by molar-refractivity contribution is 5.74. The molecule has 1 aromatic heterocycles. The third kappa shape index (κ3) is 2.08. The molecule has 0 aliphatic heterocycles. The zero-order chi connectivity index (χ0) is 8.97. The summed E-state index contributed by atoms with van der Waals surface area (Å²) >= 11 is 0. The Morgan fingerprint density at radius 1 is 1.83 bits per heavy atom. The molecule has 1 rings (SSSR count). The minimum Gasteiger partial charge on any atom is -0.408 e. The van der Waals surface area contributed by atoms with Gasteiger partial charge in [0.25, 0.3) is 0 Å². The summed E-state index contributed by atoms with van der Waals surface area (Å²) in [6, 6.07) is 0. The van der Waals surface area contributed by atoms with Crippen LogP contribution in [0.5, 0.6) is 5.88 Å². The monoisotopic (exact) mass is 168 g/mol. The van der Waals surface area contributed by atoms with Gasteiger partial charge in [0, 0.05) is 0 Å². The van der Waals surface area contributed by atoms with E-state index in [2.05, 4.69) is 9.97 Å². The van der Waals surface area contributed by atoms with Gasteiger partial charge in [-0.1, -0.05) is 13.8 Å². The third-order valence-electron chi connectivity index (χ3n) is 1.70. The molecule has 0 fully saturated rings. The number of hydrogen-bond donors (Lipinski definition) is 1. The topological polar surface area (TPSA) is 55.0 Å². The smallest absolute Gasteiger partial charge is 0.315 e. The Hall–Kier alpha value is -1.32. The molecule has 0 bridgehead atoms. The number of nitrogens with one attached hydrogen (secondary N) is 1. The number of carbonyl (C=O) groups excluding carboxylic acids is 1. The molecule has 0 amide bonds. The Morgan fingerprint density at radius 3 is 3.08 bits per heavy atom. The number of nitrogens with zero attached hydrogens (tertiary/aromatic N) is 1. The molecule has 0 saturated heterocycles. The van der Waals surface area contributed by atoms with Gasteiger partial charge in [-0.15, -0.1) is 0 Å². The second-order valence-corrected chi connectivity index (χ2v) is 2.65. The zero-order valence-corrected chi connectivity index (χ0v) is 7.20. The van der Waals surface area contributed by atoms with Gasteiger partial charge in [-0.05, 0) is 6.42 Å². The molecule has 1 atom stereocenters. The lowest BCUT2D eigenvalue weighted by Gasteiger charge is -2.05. The molecule has 1 unspecified atom stereocenters. The summed E-state index contributed by atoms with van der Waals surface area (Å²) in [6.45, 7) is 3.78. The zero-order valence-electron chi connectivity index (χ0n) is 7.20. The molecular weight excluding hydrogens is 156 g/mol. The van der Waals surface area contributed by atoms with Crippen molar-refractivity contribution in [1.82, 2.24) is 9.97 Å². The molecule has 0 aliphatic carbocycles. The minimum atomic E-state index is -0.221. The number of aromatic amines is 1. The van der Waals surface area contributed by atoms with Crippen LogP contribution in [0, 0.1) is 5.92 Å². The number of H-pyrrole nitrogens is 1. The van der Waals surface area contributed by atoms with Crippen molar-refractivity contribution in [2.45, 2.75) is 20.3 Å². The second kappa shape index (κ2) is 3.90. The fraction of sp³-hybridized carbons (Fsp3) is 0.500. The van der Waals surface area contributed by atoms with E-state index in [0.29, 0.717) is 5.88 Å². The van der Waals surface area contributed by atoms with E-state index >= 15 is 0 Å². The van der Waals surface area contributed by atoms with Crippen molar-refractivity contribution >= 4 is 5.97 Å². The van der Waals surface area contributed by atoms with Gasteiger partial charge >= 0.3 is 5.97 Å². The van der Waals surface area contributed by atoms with Crippen LogP contribution < -0.4 is 4.74 Å². The highest BCUT2D eigenvalue weighted by Crippen LogP contribution is 2.08. The Bertz CT molecular complexity index is 244. The number of esters is 1. The van der Waals surface area contributed by atoms with Gasteiger partial charge in [0.1, 0.15) is 0 Å². The summed E-state index contributed by atoms with van der Waals surface area (Å²) in [5.74, 6) is 0.121. The first-order chi connectivity index (χ1) is 5.74. The van der Waals surface area contributed by atoms with Crippen molar-refractivity contribution in [3.63, 3.8) is 0 Å². The largest absolute Gasteiger partial charge is 0.408 e. The quantitative estimate of drug-likeness (QED) is 0.693. The van der Waals surface area contributed by atoms with Gasteiger partial charge in [-0.3, -0.25) is 4.79 Å². The lowest BCUT2D eigenvalue weighted by molar-refractivity contribution is -0.138. The number of imidazole rings is 1. The first-order valence-corrected chi connectivity index (χ1v) is 3.94. The molecule has 0 aliphatic rings. The number of ether oxygens (including phenoxy) is 1. The van der Waals surface area contributed by atoms with Crippen LogP contribution in [0.3, 0.4) is 0 Å². The maximum Gasteiger partial charge on any atom is 0.315 e. The Kier molecular flexibility index (Phi) is 2.85. The lowest BCUT2D eigenvalue weighted by Crippen LogP contribution is -2.16. The van der Waals surface area contributed by atoms with Crippen molar-refractivity contribution in [1.29, 1.82) is 0 Å². The van der Waals surface area contributed by atoms with Gasteiger partial charge < -0.3 is 9.72 Å². The predicted molar refractivity (Wildman–Crippen MR) is 43.7 cm³/mol. The molecule has 4 heteroatoms. The fourth-order valence-electron chi connectivity index (χ4n) is 0.675. The van der Waals surface area contributed by atoms with Gasteiger partial charge in [0.05, 0.1) is 18.4 Å². The number of carbonyl (C=O) groups is 1. The highest BCUT2D eigenvalue weighted by atomic mass is 16.5. The number of aromatic nitrogens is 2. The van der Waals surface area contributed by atoms with Gasteiger partial charge in [-0.2, -0.15) is 0 Å². The second-order valence-electron chi connectivity index (χ2n) is 2.65. The van der Waals surface area contributed by atoms with Crippen LogP contribution >= 0.6 is 0 Å². The maximum atomic E-state index is 11.2. The van der Waals surface area contributed by atoms with Crippen LogP contribution in [-0.4, -0.2) is 15.9 Å². The summed E-state index contributed by atoms with van der Waals surface area (Å²) in [7, 11) is 0. The van der Waals surface area contributed by atoms with Gasteiger partial charge in [0.2, 0.25) is 5.88 Å². The Balaban J connectivity index is 2.47. The van der Waals surface area contributed by atoms with Gasteiger partial charge in [0.15, 0.2) is 0 Å². The SMILES string of the molecule is CCC(C)C(=O)Oc1cnc[nH]1. The van der Waals surface area contributed by atoms with Crippen molar-refractivity contribution in [2.24, 2.45) is 5.92 Å². The number of hydrogen-bond acceptors (Lipinski definition) is 3. The van der Waals surface area contributed by atoms with Crippen LogP contribution in [-0.2, 0) is 4.79 Å². The van der Waals surface area contributed by atoms with Crippen LogP contribution in [0.15, 0.2) is 12.5 Å². The summed E-state index contributed by atoms with van der Waals surface area (Å²) < 4.78 is 4.95. The van der Waals surface area contributed by atoms with E-state index in [9.17, 15) is 4.79 Å². The van der Waals surface area contributed by atoms with E-state index in [1.807, 2.05) is 13.8 Å². The lowest BCUT2D eigenvalue weighted by atomic mass is 10.1. The maximum absolute atomic E-state index is 11.2. The van der Waals surface area contributed by atoms with Gasteiger partial charge in [-0.25, -0.2) is 4.98 Å². The standard InChI is InChI=1S/C8H12N2O2/c1-3-6(2)8(11)12-7-4-9-5-10-7/h4-6H,3H2,1-2H3,(H,9,10). The average Bonchev–Trinajstić information content (AvgIpc) is 2.55. The van der Waals surface area contributed by atoms with E-state index in [1.165, 1.54) is 12.5 Å². The molecule has 0 radical (unpaired) electrons. The molecule has 1 aromatic rings. The predicted octanol–water partition coefficient (Wildman–Crippen LogP) is 1.36. The van der Waals surface area contributed by atoms with Crippen LogP contribution in [0.1, 0.15) is 20.3 Å². The van der Waals surface area contributed by atoms with E-state index in [0.717, 1.165) is 6.42 Å². The molecule has 0 spiro atoms. The average molecular weight is 168 g/mol. The summed E-state index contributed by atoms with van der Waals surface area (Å²) in [6.07, 6.45) is 3.73. The molecule has 12 heavy (non-hydrogen) atoms. The van der Waals surface area contributed by atoms with Crippen molar-refractivity contribution in [3.05, 3.63) is 12.5 Å². The molecule has 1 heterocycles. The van der Waals surface area contributed by atoms with Crippen LogP contribution in [0.4, 0.5) is 0 Å². The summed E-state index contributed by atoms with van der Waals surface area (Å²) in [5, 5.41) is 0. The van der Waals surface area contributed by atoms with Crippen molar-refractivity contribution in [2.75, 3.05) is 0 Å². The van der Waals surface area contributed by atoms with Crippen LogP contribution in [0.2, 0.25) is 0 Å². The van der Waals surface area contributed by atoms with E-state index in [-0.39, 0.29) is 11.9 Å². The molecule has 4 nitrogen and oxygen atoms in total. The van der Waals surface area contributed by atoms with E-state index < -0.39 is 0 Å². The van der Waals surface area contributed by atoms with Crippen molar-refractivity contribution in [3.8, 4) is 5.88 Å². The Morgan fingerprint density at radius 2 is 2.58 bits per heavy atom. The van der Waals surface area contributed by atoms with Crippen LogP contribution in [0.25, 0.3) is 0 Å². The van der Waals surface area contributed by atoms with E-state index in [4.69, 9.17) is 4.74 Å². The third-order valence-corrected chi connectivity index (χ3v) is 1.70. The number of rotatable bonds is 3. The fourth-order valence-corrected chi connectivity index (χ4v) is 0.675. The molecule has 1 N–H and O–H groups in total. The van der Waals surface area contributed by atoms with E-state index in [1.54, 1.807) is 0 Å². The van der Waals surface area contributed by atoms with Crippen molar-refractivity contribution < 1.29 is 9.53 Å². The molecular formula is C8H12N2O2. The summed E-state index contributed by atoms with van der Waals surface area (Å²) in [4.78, 5) is 17.6. The normalized spacial score (nSPS) is 12.5. The summed E-state index contributed by atoms with van der Waals surface area (Å²) in [5.41, 5.74) is 0. The molecule has 0 aromatic carbocycles. The first-order valence-electron chi connectivity index (χ1n) is 3.94. The highest BCUT2D eigenvalue weighted by Gasteiger charge is 2.12. The molecule has 0 saturated carbocycles. The molecule has 66 valence electrons.